The molecule has 0 saturated heterocycles. The summed E-state index contributed by atoms with van der Waals surface area (Å²) < 4.78 is 10.5. The third-order valence-corrected chi connectivity index (χ3v) is 3.51. The predicted octanol–water partition coefficient (Wildman–Crippen LogP) is 1.49. The largest absolute Gasteiger partial charge is 0.491 e. The molecular formula is C17H26ClN5O3. The van der Waals surface area contributed by atoms with Gasteiger partial charge in [0.1, 0.15) is 12.4 Å². The Morgan fingerprint density at radius 1 is 1.27 bits per heavy atom. The van der Waals surface area contributed by atoms with E-state index >= 15 is 0 Å². The van der Waals surface area contributed by atoms with Gasteiger partial charge in [-0.15, -0.1) is 17.5 Å². The molecule has 9 heteroatoms. The molecule has 0 aliphatic rings. The molecule has 0 fully saturated rings. The average Bonchev–Trinajstić information content (AvgIpc) is 2.97. The lowest BCUT2D eigenvalue weighted by Gasteiger charge is -2.06. The number of rotatable bonds is 9. The van der Waals surface area contributed by atoms with E-state index in [1.54, 1.807) is 14.0 Å². The number of nitrogens with two attached hydrogens (primary N) is 1. The number of benzene rings is 1. The van der Waals surface area contributed by atoms with Crippen LogP contribution in [-0.4, -0.2) is 53.8 Å². The summed E-state index contributed by atoms with van der Waals surface area (Å²) in [5.74, 6) is 0.488. The maximum absolute atomic E-state index is 12.2. The van der Waals surface area contributed by atoms with Crippen molar-refractivity contribution >= 4 is 18.3 Å². The van der Waals surface area contributed by atoms with Crippen molar-refractivity contribution in [3.8, 4) is 11.4 Å². The summed E-state index contributed by atoms with van der Waals surface area (Å²) in [7, 11) is 1.63. The van der Waals surface area contributed by atoms with Gasteiger partial charge in [0.05, 0.1) is 18.0 Å². The van der Waals surface area contributed by atoms with Crippen LogP contribution in [0, 0.1) is 6.92 Å². The predicted molar refractivity (Wildman–Crippen MR) is 101 cm³/mol. The summed E-state index contributed by atoms with van der Waals surface area (Å²) in [4.78, 5) is 13.6. The summed E-state index contributed by atoms with van der Waals surface area (Å²) in [5.41, 5.74) is 7.30. The molecule has 26 heavy (non-hydrogen) atoms. The van der Waals surface area contributed by atoms with Crippen LogP contribution < -0.4 is 15.8 Å². The lowest BCUT2D eigenvalue weighted by atomic mass is 10.2. The van der Waals surface area contributed by atoms with Gasteiger partial charge < -0.3 is 20.5 Å². The monoisotopic (exact) mass is 383 g/mol. The van der Waals surface area contributed by atoms with Gasteiger partial charge >= 0.3 is 0 Å². The zero-order valence-electron chi connectivity index (χ0n) is 15.3. The second kappa shape index (κ2) is 10.7. The Labute approximate surface area is 159 Å². The number of ether oxygens (including phenoxy) is 2. The fourth-order valence-electron chi connectivity index (χ4n) is 2.12. The van der Waals surface area contributed by atoms with Gasteiger partial charge in [0.25, 0.3) is 5.91 Å². The maximum atomic E-state index is 12.2. The Balaban J connectivity index is 0.00000338. The van der Waals surface area contributed by atoms with Crippen molar-refractivity contribution in [3.05, 3.63) is 35.7 Å². The molecule has 1 aromatic carbocycles. The van der Waals surface area contributed by atoms with E-state index in [1.165, 1.54) is 4.80 Å². The highest BCUT2D eigenvalue weighted by molar-refractivity contribution is 5.93. The first-order valence-corrected chi connectivity index (χ1v) is 8.21. The third-order valence-electron chi connectivity index (χ3n) is 3.51. The fourth-order valence-corrected chi connectivity index (χ4v) is 2.12. The van der Waals surface area contributed by atoms with E-state index in [-0.39, 0.29) is 24.4 Å². The number of methoxy groups -OCH3 is 1. The Kier molecular flexibility index (Phi) is 9.04. The molecule has 2 rings (SSSR count). The summed E-state index contributed by atoms with van der Waals surface area (Å²) in [6.07, 6.45) is 0.712. The second-order valence-corrected chi connectivity index (χ2v) is 5.78. The Hall–Kier alpha value is -2.16. The van der Waals surface area contributed by atoms with Gasteiger partial charge in [-0.1, -0.05) is 0 Å². The van der Waals surface area contributed by atoms with Crippen LogP contribution in [0.3, 0.4) is 0 Å². The molecule has 0 radical (unpaired) electrons. The summed E-state index contributed by atoms with van der Waals surface area (Å²) >= 11 is 0. The maximum Gasteiger partial charge on any atom is 0.273 e. The second-order valence-electron chi connectivity index (χ2n) is 5.78. The SMILES string of the molecule is COCCOc1ccc(-n2nc(C)c(C(=O)NCCC(C)N)n2)cc1.Cl. The number of hydrogen-bond acceptors (Lipinski definition) is 6. The van der Waals surface area contributed by atoms with Gasteiger partial charge in [-0.25, -0.2) is 0 Å². The van der Waals surface area contributed by atoms with Crippen molar-refractivity contribution in [2.45, 2.75) is 26.3 Å². The minimum absolute atomic E-state index is 0. The molecule has 1 aromatic heterocycles. The molecule has 1 amide bonds. The van der Waals surface area contributed by atoms with Crippen molar-refractivity contribution in [2.75, 3.05) is 26.9 Å². The van der Waals surface area contributed by atoms with Crippen LogP contribution in [0.25, 0.3) is 5.69 Å². The van der Waals surface area contributed by atoms with E-state index in [9.17, 15) is 4.79 Å². The highest BCUT2D eigenvalue weighted by Gasteiger charge is 2.16. The highest BCUT2D eigenvalue weighted by atomic mass is 35.5. The highest BCUT2D eigenvalue weighted by Crippen LogP contribution is 2.15. The zero-order chi connectivity index (χ0) is 18.2. The average molecular weight is 384 g/mol. The number of amides is 1. The molecule has 2 aromatic rings. The van der Waals surface area contributed by atoms with E-state index in [4.69, 9.17) is 15.2 Å². The number of carbonyl (C=O) groups is 1. The normalized spacial score (nSPS) is 11.5. The Bertz CT molecular complexity index is 688. The molecule has 0 saturated carbocycles. The van der Waals surface area contributed by atoms with Crippen LogP contribution in [0.2, 0.25) is 0 Å². The third kappa shape index (κ3) is 6.29. The molecule has 3 N–H and O–H groups in total. The standard InChI is InChI=1S/C17H25N5O3.ClH/c1-12(18)8-9-19-17(23)16-13(2)20-22(21-16)14-4-6-15(7-5-14)25-11-10-24-3;/h4-7,12H,8-11,18H2,1-3H3,(H,19,23);1H. The van der Waals surface area contributed by atoms with E-state index < -0.39 is 0 Å². The van der Waals surface area contributed by atoms with E-state index in [0.29, 0.717) is 37.6 Å². The lowest BCUT2D eigenvalue weighted by Crippen LogP contribution is -2.29. The number of nitrogens with zero attached hydrogens (tertiary/aromatic N) is 3. The van der Waals surface area contributed by atoms with Crippen molar-refractivity contribution in [3.63, 3.8) is 0 Å². The lowest BCUT2D eigenvalue weighted by molar-refractivity contribution is 0.0947. The topological polar surface area (TPSA) is 104 Å². The number of carbonyl (C=O) groups excluding carboxylic acids is 1. The van der Waals surface area contributed by atoms with Gasteiger partial charge in [-0.05, 0) is 44.5 Å². The molecular weight excluding hydrogens is 358 g/mol. The Morgan fingerprint density at radius 2 is 1.96 bits per heavy atom. The van der Waals surface area contributed by atoms with Crippen LogP contribution in [0.5, 0.6) is 5.75 Å². The summed E-state index contributed by atoms with van der Waals surface area (Å²) in [6.45, 7) is 5.18. The van der Waals surface area contributed by atoms with Gasteiger partial charge in [-0.2, -0.15) is 9.90 Å². The molecule has 0 spiro atoms. The Morgan fingerprint density at radius 3 is 2.58 bits per heavy atom. The molecule has 144 valence electrons. The van der Waals surface area contributed by atoms with E-state index in [0.717, 1.165) is 11.4 Å². The van der Waals surface area contributed by atoms with Crippen LogP contribution in [0.4, 0.5) is 0 Å². The number of halogens is 1. The van der Waals surface area contributed by atoms with Gasteiger partial charge in [0.15, 0.2) is 5.69 Å². The van der Waals surface area contributed by atoms with Gasteiger partial charge in [-0.3, -0.25) is 4.79 Å². The van der Waals surface area contributed by atoms with E-state index in [1.807, 2.05) is 31.2 Å². The van der Waals surface area contributed by atoms with Crippen LogP contribution in [0.15, 0.2) is 24.3 Å². The van der Waals surface area contributed by atoms with Crippen molar-refractivity contribution in [1.29, 1.82) is 0 Å². The number of aryl methyl sites for hydroxylation is 1. The minimum Gasteiger partial charge on any atom is -0.491 e. The molecule has 1 unspecified atom stereocenters. The first kappa shape index (κ1) is 21.9. The minimum atomic E-state index is -0.246. The number of hydrogen-bond donors (Lipinski definition) is 2. The zero-order valence-corrected chi connectivity index (χ0v) is 16.1. The molecule has 0 aliphatic heterocycles. The van der Waals surface area contributed by atoms with Crippen molar-refractivity contribution < 1.29 is 14.3 Å². The van der Waals surface area contributed by atoms with Crippen LogP contribution >= 0.6 is 12.4 Å². The molecule has 0 aliphatic carbocycles. The number of nitrogens with one attached hydrogen (secondary N) is 1. The molecule has 1 heterocycles. The molecule has 1 atom stereocenters. The van der Waals surface area contributed by atoms with Crippen LogP contribution in [-0.2, 0) is 4.74 Å². The van der Waals surface area contributed by atoms with Crippen LogP contribution in [0.1, 0.15) is 29.5 Å². The van der Waals surface area contributed by atoms with Gasteiger partial charge in [0.2, 0.25) is 0 Å². The smallest absolute Gasteiger partial charge is 0.273 e. The number of aromatic nitrogens is 3. The van der Waals surface area contributed by atoms with E-state index in [2.05, 4.69) is 15.5 Å². The molecule has 0 bridgehead atoms. The quantitative estimate of drug-likeness (QED) is 0.636. The molecule has 8 nitrogen and oxygen atoms in total. The first-order chi connectivity index (χ1) is 12.0. The van der Waals surface area contributed by atoms with Crippen molar-refractivity contribution in [1.82, 2.24) is 20.3 Å². The first-order valence-electron chi connectivity index (χ1n) is 8.21. The van der Waals surface area contributed by atoms with Gasteiger partial charge in [0, 0.05) is 19.7 Å². The summed E-state index contributed by atoms with van der Waals surface area (Å²) in [6, 6.07) is 7.36. The summed E-state index contributed by atoms with van der Waals surface area (Å²) in [5, 5.41) is 11.4. The fraction of sp³-hybridized carbons (Fsp3) is 0.471. The van der Waals surface area contributed by atoms with Crippen molar-refractivity contribution in [2.24, 2.45) is 5.73 Å².